The molecule has 7 heteroatoms. The zero-order valence-corrected chi connectivity index (χ0v) is 19.3. The number of nitrogens with one attached hydrogen (secondary N) is 2. The maximum atomic E-state index is 13.1. The van der Waals surface area contributed by atoms with Gasteiger partial charge in [-0.05, 0) is 47.7 Å². The van der Waals surface area contributed by atoms with Crippen LogP contribution in [-0.4, -0.2) is 26.3 Å². The summed E-state index contributed by atoms with van der Waals surface area (Å²) >= 11 is 0. The summed E-state index contributed by atoms with van der Waals surface area (Å²) in [4.78, 5) is 34.0. The highest BCUT2D eigenvalue weighted by Crippen LogP contribution is 2.45. The van der Waals surface area contributed by atoms with Gasteiger partial charge in [0, 0.05) is 46.0 Å². The quantitative estimate of drug-likeness (QED) is 0.296. The third-order valence-electron chi connectivity index (χ3n) is 7.47. The number of imide groups is 1. The highest BCUT2D eigenvalue weighted by atomic mass is 35.5. The van der Waals surface area contributed by atoms with Crippen molar-refractivity contribution in [1.29, 1.82) is 0 Å². The smallest absolute Gasteiger partial charge is 0.259 e. The van der Waals surface area contributed by atoms with Crippen molar-refractivity contribution in [2.24, 2.45) is 0 Å². The number of nitrogens with zero attached hydrogens (tertiary/aromatic N) is 2. The first-order valence-corrected chi connectivity index (χ1v) is 11.5. The molecular formula is C28H19ClN4O2. The van der Waals surface area contributed by atoms with E-state index in [2.05, 4.69) is 56.3 Å². The van der Waals surface area contributed by atoms with Gasteiger partial charge in [-0.2, -0.15) is 0 Å². The van der Waals surface area contributed by atoms with Gasteiger partial charge in [0.1, 0.15) is 0 Å². The number of halogens is 1. The van der Waals surface area contributed by atoms with Crippen LogP contribution in [0.15, 0.2) is 60.9 Å². The number of fused-ring (bicyclic) bond motifs is 10. The summed E-state index contributed by atoms with van der Waals surface area (Å²) in [5.74, 6) is -0.628. The molecule has 0 unspecified atom stereocenters. The fourth-order valence-electron chi connectivity index (χ4n) is 6.14. The third-order valence-corrected chi connectivity index (χ3v) is 7.47. The van der Waals surface area contributed by atoms with Crippen LogP contribution in [0.4, 0.5) is 0 Å². The second-order valence-corrected chi connectivity index (χ2v) is 9.20. The van der Waals surface area contributed by atoms with E-state index in [0.717, 1.165) is 68.6 Å². The molecule has 8 rings (SSSR count). The first-order valence-electron chi connectivity index (χ1n) is 11.5. The summed E-state index contributed by atoms with van der Waals surface area (Å²) in [6.45, 7) is 0.887. The number of amides is 2. The number of benzene rings is 3. The first-order chi connectivity index (χ1) is 16.7. The molecule has 3 aromatic carbocycles. The number of aromatic amines is 1. The summed E-state index contributed by atoms with van der Waals surface area (Å²) in [5.41, 5.74) is 8.50. The number of carbonyl (C=O) groups excluding carboxylic acids is 2. The van der Waals surface area contributed by atoms with Gasteiger partial charge in [0.15, 0.2) is 0 Å². The molecule has 0 spiro atoms. The molecule has 3 aromatic heterocycles. The molecule has 170 valence electrons. The van der Waals surface area contributed by atoms with Gasteiger partial charge < -0.3 is 9.55 Å². The Kier molecular flexibility index (Phi) is 4.01. The average molecular weight is 479 g/mol. The topological polar surface area (TPSA) is 79.8 Å². The molecule has 6 aromatic rings. The van der Waals surface area contributed by atoms with Gasteiger partial charge in [-0.15, -0.1) is 12.4 Å². The number of rotatable bonds is 1. The zero-order valence-electron chi connectivity index (χ0n) is 18.5. The molecule has 6 nitrogen and oxygen atoms in total. The molecular weight excluding hydrogens is 460 g/mol. The van der Waals surface area contributed by atoms with Crippen molar-refractivity contribution < 1.29 is 9.59 Å². The van der Waals surface area contributed by atoms with Crippen LogP contribution in [0.3, 0.4) is 0 Å². The number of carbonyl (C=O) groups is 2. The van der Waals surface area contributed by atoms with Crippen molar-refractivity contribution in [1.82, 2.24) is 19.9 Å². The molecule has 35 heavy (non-hydrogen) atoms. The zero-order chi connectivity index (χ0) is 22.6. The van der Waals surface area contributed by atoms with Crippen LogP contribution in [0, 0.1) is 0 Å². The lowest BCUT2D eigenvalue weighted by atomic mass is 9.95. The van der Waals surface area contributed by atoms with Crippen LogP contribution in [-0.2, 0) is 13.0 Å². The fraction of sp³-hybridized carbons (Fsp3) is 0.107. The van der Waals surface area contributed by atoms with E-state index >= 15 is 0 Å². The van der Waals surface area contributed by atoms with Crippen molar-refractivity contribution in [3.05, 3.63) is 77.6 Å². The summed E-state index contributed by atoms with van der Waals surface area (Å²) < 4.78 is 2.35. The molecule has 2 N–H and O–H groups in total. The predicted molar refractivity (Wildman–Crippen MR) is 139 cm³/mol. The van der Waals surface area contributed by atoms with Crippen LogP contribution in [0.5, 0.6) is 0 Å². The van der Waals surface area contributed by atoms with E-state index in [4.69, 9.17) is 0 Å². The highest BCUT2D eigenvalue weighted by Gasteiger charge is 2.36. The van der Waals surface area contributed by atoms with E-state index < -0.39 is 0 Å². The molecule has 0 saturated heterocycles. The Morgan fingerprint density at radius 3 is 2.46 bits per heavy atom. The Balaban J connectivity index is 0.00000210. The maximum absolute atomic E-state index is 13.1. The van der Waals surface area contributed by atoms with E-state index in [-0.39, 0.29) is 24.2 Å². The van der Waals surface area contributed by atoms with Gasteiger partial charge in [-0.1, -0.05) is 30.3 Å². The van der Waals surface area contributed by atoms with E-state index in [0.29, 0.717) is 11.1 Å². The minimum atomic E-state index is -0.321. The number of aromatic nitrogens is 3. The van der Waals surface area contributed by atoms with Gasteiger partial charge in [-0.3, -0.25) is 19.9 Å². The molecule has 0 saturated carbocycles. The maximum Gasteiger partial charge on any atom is 0.259 e. The first kappa shape index (κ1) is 20.2. The van der Waals surface area contributed by atoms with Crippen LogP contribution in [0.1, 0.15) is 32.7 Å². The minimum Gasteiger partial charge on any atom is -0.353 e. The van der Waals surface area contributed by atoms with Crippen LogP contribution >= 0.6 is 12.4 Å². The Bertz CT molecular complexity index is 1900. The monoisotopic (exact) mass is 478 g/mol. The van der Waals surface area contributed by atoms with Crippen LogP contribution in [0.25, 0.3) is 54.7 Å². The molecule has 0 bridgehead atoms. The largest absolute Gasteiger partial charge is 0.353 e. The molecule has 2 aliphatic heterocycles. The number of H-pyrrole nitrogens is 1. The SMILES string of the molecule is Cl.O=C1NC(=O)c2c1c1c3ccc(-c4ccncc4)cc3[nH]c1c1c2c2cccc3c2n1CCC3. The Labute approximate surface area is 205 Å². The van der Waals surface area contributed by atoms with E-state index in [1.807, 2.05) is 12.1 Å². The van der Waals surface area contributed by atoms with E-state index in [9.17, 15) is 9.59 Å². The van der Waals surface area contributed by atoms with Gasteiger partial charge in [-0.25, -0.2) is 0 Å². The summed E-state index contributed by atoms with van der Waals surface area (Å²) in [6.07, 6.45) is 5.63. The van der Waals surface area contributed by atoms with Crippen LogP contribution < -0.4 is 5.32 Å². The molecule has 2 aliphatic rings. The van der Waals surface area contributed by atoms with Crippen molar-refractivity contribution in [3.63, 3.8) is 0 Å². The number of para-hydroxylation sites is 1. The molecule has 2 amide bonds. The highest BCUT2D eigenvalue weighted by molar-refractivity contribution is 6.39. The van der Waals surface area contributed by atoms with E-state index in [1.54, 1.807) is 12.4 Å². The summed E-state index contributed by atoms with van der Waals surface area (Å²) in [7, 11) is 0. The van der Waals surface area contributed by atoms with Crippen molar-refractivity contribution in [2.75, 3.05) is 0 Å². The van der Waals surface area contributed by atoms with Gasteiger partial charge in [0.25, 0.3) is 11.8 Å². The minimum absolute atomic E-state index is 0. The normalized spacial score (nSPS) is 14.6. The van der Waals surface area contributed by atoms with Crippen molar-refractivity contribution in [3.8, 4) is 11.1 Å². The van der Waals surface area contributed by atoms with E-state index in [1.165, 1.54) is 11.1 Å². The van der Waals surface area contributed by atoms with Crippen LogP contribution in [0.2, 0.25) is 0 Å². The molecule has 0 radical (unpaired) electrons. The number of pyridine rings is 1. The fourth-order valence-corrected chi connectivity index (χ4v) is 6.14. The molecule has 5 heterocycles. The lowest BCUT2D eigenvalue weighted by Gasteiger charge is -2.16. The molecule has 0 atom stereocenters. The number of aryl methyl sites for hydroxylation is 2. The van der Waals surface area contributed by atoms with Crippen molar-refractivity contribution >= 4 is 67.8 Å². The Morgan fingerprint density at radius 1 is 0.829 bits per heavy atom. The van der Waals surface area contributed by atoms with Gasteiger partial charge in [0.05, 0.1) is 27.7 Å². The van der Waals surface area contributed by atoms with Crippen molar-refractivity contribution in [2.45, 2.75) is 19.4 Å². The molecule has 0 aliphatic carbocycles. The second-order valence-electron chi connectivity index (χ2n) is 9.20. The second kappa shape index (κ2) is 6.93. The average Bonchev–Trinajstić information content (AvgIpc) is 3.50. The Morgan fingerprint density at radius 2 is 1.63 bits per heavy atom. The standard InChI is InChI=1S/C28H18N4O2.ClH/c33-27-22-20-17-7-6-16(14-8-10-29-11-9-14)13-19(17)30-24(20)26-21(23(22)28(34)31-27)18-5-1-3-15-4-2-12-32(26)25(15)18;/h1,3,5-11,13,30H,2,4,12H2,(H,31,33,34);1H. The summed E-state index contributed by atoms with van der Waals surface area (Å²) in [6, 6.07) is 16.5. The molecule has 0 fully saturated rings. The Hall–Kier alpha value is -4.16. The van der Waals surface area contributed by atoms with Gasteiger partial charge in [0.2, 0.25) is 0 Å². The summed E-state index contributed by atoms with van der Waals surface area (Å²) in [5, 5.41) is 6.28. The number of hydrogen-bond donors (Lipinski definition) is 2. The lowest BCUT2D eigenvalue weighted by Crippen LogP contribution is -2.20. The predicted octanol–water partition coefficient (Wildman–Crippen LogP) is 5.74. The van der Waals surface area contributed by atoms with Gasteiger partial charge >= 0.3 is 0 Å². The lowest BCUT2D eigenvalue weighted by molar-refractivity contribution is 0.0880. The third kappa shape index (κ3) is 2.47. The number of hydrogen-bond acceptors (Lipinski definition) is 3.